The first kappa shape index (κ1) is 18.3. The van der Waals surface area contributed by atoms with Crippen LogP contribution in [0.4, 0.5) is 5.69 Å². The number of hydrogen-bond acceptors (Lipinski definition) is 5. The Morgan fingerprint density at radius 2 is 1.89 bits per heavy atom. The van der Waals surface area contributed by atoms with Crippen LogP contribution in [0, 0.1) is 0 Å². The highest BCUT2D eigenvalue weighted by atomic mass is 16.5. The zero-order valence-corrected chi connectivity index (χ0v) is 15.8. The largest absolute Gasteiger partial charge is 0.497 e. The lowest BCUT2D eigenvalue weighted by Crippen LogP contribution is -2.14. The molecule has 3 aromatic rings. The van der Waals surface area contributed by atoms with Crippen molar-refractivity contribution in [3.63, 3.8) is 0 Å². The molecule has 1 aliphatic rings. The lowest BCUT2D eigenvalue weighted by Gasteiger charge is -2.12. The van der Waals surface area contributed by atoms with Crippen molar-refractivity contribution in [1.82, 2.24) is 4.98 Å². The zero-order valence-electron chi connectivity index (χ0n) is 15.8. The number of rotatable bonds is 7. The molecule has 2 aromatic carbocycles. The summed E-state index contributed by atoms with van der Waals surface area (Å²) in [6.45, 7) is 0.918. The number of amides is 1. The zero-order chi connectivity index (χ0) is 19.5. The third-order valence-corrected chi connectivity index (χ3v) is 4.77. The van der Waals surface area contributed by atoms with Gasteiger partial charge in [0.1, 0.15) is 18.1 Å². The summed E-state index contributed by atoms with van der Waals surface area (Å²) in [5.74, 6) is 1.71. The molecule has 1 aromatic heterocycles. The molecule has 1 aliphatic carbocycles. The van der Waals surface area contributed by atoms with Gasteiger partial charge in [-0.1, -0.05) is 0 Å². The molecule has 1 saturated carbocycles. The smallest absolute Gasteiger partial charge is 0.256 e. The minimum Gasteiger partial charge on any atom is -0.497 e. The number of benzene rings is 2. The van der Waals surface area contributed by atoms with E-state index in [1.165, 1.54) is 0 Å². The van der Waals surface area contributed by atoms with Crippen LogP contribution in [0.1, 0.15) is 34.8 Å². The average molecular weight is 377 g/mol. The Hall–Kier alpha value is -3.12. The van der Waals surface area contributed by atoms with Crippen LogP contribution < -0.4 is 20.5 Å². The van der Waals surface area contributed by atoms with Crippen molar-refractivity contribution in [3.05, 3.63) is 59.8 Å². The molecule has 0 spiro atoms. The Balaban J connectivity index is 1.63. The van der Waals surface area contributed by atoms with Crippen molar-refractivity contribution in [2.24, 2.45) is 5.73 Å². The van der Waals surface area contributed by atoms with Crippen molar-refractivity contribution >= 4 is 22.5 Å². The van der Waals surface area contributed by atoms with Gasteiger partial charge in [-0.25, -0.2) is 0 Å². The number of pyridine rings is 1. The first-order valence-corrected chi connectivity index (χ1v) is 9.41. The molecule has 0 aliphatic heterocycles. The van der Waals surface area contributed by atoms with Crippen LogP contribution in [-0.4, -0.2) is 31.2 Å². The molecule has 6 heteroatoms. The molecular weight excluding hydrogens is 354 g/mol. The van der Waals surface area contributed by atoms with Gasteiger partial charge in [-0.2, -0.15) is 0 Å². The van der Waals surface area contributed by atoms with Gasteiger partial charge in [-0.15, -0.1) is 0 Å². The minimum atomic E-state index is -0.168. The van der Waals surface area contributed by atoms with Crippen LogP contribution in [0.2, 0.25) is 0 Å². The van der Waals surface area contributed by atoms with Crippen LogP contribution in [0.15, 0.2) is 48.5 Å². The van der Waals surface area contributed by atoms with Gasteiger partial charge in [0, 0.05) is 29.2 Å². The number of hydrogen-bond donors (Lipinski definition) is 2. The van der Waals surface area contributed by atoms with Gasteiger partial charge in [0.2, 0.25) is 0 Å². The number of methoxy groups -OCH3 is 1. The summed E-state index contributed by atoms with van der Waals surface area (Å²) in [4.78, 5) is 17.8. The lowest BCUT2D eigenvalue weighted by molar-refractivity contribution is 0.102. The predicted octanol–water partition coefficient (Wildman–Crippen LogP) is 3.71. The Labute approximate surface area is 163 Å². The second kappa shape index (κ2) is 7.86. The summed E-state index contributed by atoms with van der Waals surface area (Å²) in [7, 11) is 1.61. The molecule has 28 heavy (non-hydrogen) atoms. The molecule has 1 heterocycles. The predicted molar refractivity (Wildman–Crippen MR) is 109 cm³/mol. The number of nitrogens with zero attached hydrogens (tertiary/aromatic N) is 1. The number of aromatic nitrogens is 1. The minimum absolute atomic E-state index is 0.168. The van der Waals surface area contributed by atoms with Gasteiger partial charge in [0.25, 0.3) is 5.91 Å². The van der Waals surface area contributed by atoms with Gasteiger partial charge in [-0.3, -0.25) is 9.78 Å². The van der Waals surface area contributed by atoms with E-state index in [1.54, 1.807) is 7.11 Å². The van der Waals surface area contributed by atoms with E-state index in [0.29, 0.717) is 36.1 Å². The summed E-state index contributed by atoms with van der Waals surface area (Å²) >= 11 is 0. The molecule has 0 bridgehead atoms. The normalized spacial score (nSPS) is 13.4. The monoisotopic (exact) mass is 377 g/mol. The van der Waals surface area contributed by atoms with Crippen molar-refractivity contribution < 1.29 is 14.3 Å². The lowest BCUT2D eigenvalue weighted by atomic mass is 10.0. The average Bonchev–Trinajstić information content (AvgIpc) is 3.57. The van der Waals surface area contributed by atoms with Crippen molar-refractivity contribution in [2.45, 2.75) is 18.8 Å². The van der Waals surface area contributed by atoms with Gasteiger partial charge in [0.05, 0.1) is 18.2 Å². The Bertz CT molecular complexity index is 998. The number of anilines is 1. The van der Waals surface area contributed by atoms with E-state index in [9.17, 15) is 4.79 Å². The summed E-state index contributed by atoms with van der Waals surface area (Å²) in [5.41, 5.74) is 8.54. The number of ether oxygens (including phenoxy) is 2. The highest BCUT2D eigenvalue weighted by molar-refractivity contribution is 6.12. The Kier molecular flexibility index (Phi) is 5.12. The van der Waals surface area contributed by atoms with Gasteiger partial charge in [0.15, 0.2) is 0 Å². The Morgan fingerprint density at radius 3 is 2.57 bits per heavy atom. The van der Waals surface area contributed by atoms with Crippen molar-refractivity contribution in [1.29, 1.82) is 0 Å². The van der Waals surface area contributed by atoms with E-state index in [-0.39, 0.29) is 5.91 Å². The second-order valence-corrected chi connectivity index (χ2v) is 6.87. The standard InChI is InChI=1S/C22H23N3O3/c1-27-17-8-9-20-18(12-17)19(13-21(25-20)14-2-3-14)22(26)24-15-4-6-16(7-5-15)28-11-10-23/h4-9,12-14H,2-3,10-11,23H2,1H3,(H,24,26). The Morgan fingerprint density at radius 1 is 1.14 bits per heavy atom. The summed E-state index contributed by atoms with van der Waals surface area (Å²) in [6, 6.07) is 14.8. The molecule has 0 saturated heterocycles. The van der Waals surface area contributed by atoms with Crippen molar-refractivity contribution in [2.75, 3.05) is 25.6 Å². The van der Waals surface area contributed by atoms with Gasteiger partial charge >= 0.3 is 0 Å². The number of nitrogens with one attached hydrogen (secondary N) is 1. The van der Waals surface area contributed by atoms with E-state index in [4.69, 9.17) is 20.2 Å². The number of carbonyl (C=O) groups is 1. The molecule has 6 nitrogen and oxygen atoms in total. The van der Waals surface area contributed by atoms with E-state index in [2.05, 4.69) is 5.32 Å². The maximum atomic E-state index is 13.1. The molecule has 1 amide bonds. The SMILES string of the molecule is COc1ccc2nc(C3CC3)cc(C(=O)Nc3ccc(OCCN)cc3)c2c1. The van der Waals surface area contributed by atoms with Crippen LogP contribution in [0.5, 0.6) is 11.5 Å². The van der Waals surface area contributed by atoms with Crippen molar-refractivity contribution in [3.8, 4) is 11.5 Å². The first-order valence-electron chi connectivity index (χ1n) is 9.41. The molecule has 3 N–H and O–H groups in total. The molecule has 0 radical (unpaired) electrons. The highest BCUT2D eigenvalue weighted by Crippen LogP contribution is 2.40. The third kappa shape index (κ3) is 3.92. The van der Waals surface area contributed by atoms with E-state index < -0.39 is 0 Å². The molecule has 1 fully saturated rings. The van der Waals surface area contributed by atoms with E-state index >= 15 is 0 Å². The summed E-state index contributed by atoms with van der Waals surface area (Å²) in [6.07, 6.45) is 2.25. The number of carbonyl (C=O) groups excluding carboxylic acids is 1. The fraction of sp³-hybridized carbons (Fsp3) is 0.273. The van der Waals surface area contributed by atoms with Crippen LogP contribution in [-0.2, 0) is 0 Å². The quantitative estimate of drug-likeness (QED) is 0.655. The first-order chi connectivity index (χ1) is 13.7. The molecule has 4 rings (SSSR count). The van der Waals surface area contributed by atoms with Gasteiger partial charge < -0.3 is 20.5 Å². The van der Waals surface area contributed by atoms with Crippen LogP contribution in [0.25, 0.3) is 10.9 Å². The molecule has 144 valence electrons. The molecule has 0 atom stereocenters. The van der Waals surface area contributed by atoms with Crippen LogP contribution >= 0.6 is 0 Å². The maximum Gasteiger partial charge on any atom is 0.256 e. The van der Waals surface area contributed by atoms with E-state index in [0.717, 1.165) is 35.2 Å². The van der Waals surface area contributed by atoms with Gasteiger partial charge in [-0.05, 0) is 61.4 Å². The molecule has 0 unspecified atom stereocenters. The highest BCUT2D eigenvalue weighted by Gasteiger charge is 2.27. The van der Waals surface area contributed by atoms with Crippen LogP contribution in [0.3, 0.4) is 0 Å². The van der Waals surface area contributed by atoms with E-state index in [1.807, 2.05) is 48.5 Å². The summed E-state index contributed by atoms with van der Waals surface area (Å²) in [5, 5.41) is 3.75. The number of nitrogens with two attached hydrogens (primary N) is 1. The topological polar surface area (TPSA) is 86.5 Å². The number of fused-ring (bicyclic) bond motifs is 1. The summed E-state index contributed by atoms with van der Waals surface area (Å²) < 4.78 is 10.8. The molecular formula is C22H23N3O3. The fourth-order valence-corrected chi connectivity index (χ4v) is 3.14. The second-order valence-electron chi connectivity index (χ2n) is 6.87. The fourth-order valence-electron chi connectivity index (χ4n) is 3.14. The maximum absolute atomic E-state index is 13.1. The third-order valence-electron chi connectivity index (χ3n) is 4.77.